The molecule has 0 heterocycles. The lowest BCUT2D eigenvalue weighted by molar-refractivity contribution is -0.489. The van der Waals surface area contributed by atoms with Crippen LogP contribution in [0.1, 0.15) is 0 Å². The number of benzene rings is 2. The molecule has 0 fully saturated rings. The number of nitro benzene ring substituents is 5. The fourth-order valence-corrected chi connectivity index (χ4v) is 3.06. The largest absolute Gasteiger partial charge is 0.437 e. The van der Waals surface area contributed by atoms with E-state index < -0.39 is 84.5 Å². The monoisotopic (exact) mass is 507 g/mol. The summed E-state index contributed by atoms with van der Waals surface area (Å²) in [6.07, 6.45) is 0. The fourth-order valence-electron chi connectivity index (χ4n) is 2.68. The molecule has 0 unspecified atom stereocenters. The standard InChI is InChI=1S/C12H3Cl2N7O12/c13-4-2-1-3-5(6(4)14)15(21(32)33)7-8(16(22)23)10(18(26)27)12(20(30)31)11(19(28)29)9(7)17(24)25/h1-3H. The SMILES string of the molecule is O=[N+]([O-])c1c(N(c2cccc(Cl)c2Cl)[N+](=O)[O-])c([N+](=O)[O-])c([N+](=O)[O-])c([N+](=O)[O-])c1[N+](=O)[O-]. The van der Waals surface area contributed by atoms with Crippen LogP contribution in [-0.4, -0.2) is 29.6 Å². The van der Waals surface area contributed by atoms with E-state index >= 15 is 0 Å². The quantitative estimate of drug-likeness (QED) is 0.362. The Morgan fingerprint density at radius 1 is 0.606 bits per heavy atom. The summed E-state index contributed by atoms with van der Waals surface area (Å²) >= 11 is 11.6. The molecule has 0 atom stereocenters. The Bertz CT molecular complexity index is 1230. The molecule has 2 rings (SSSR count). The van der Waals surface area contributed by atoms with Crippen LogP contribution in [0.25, 0.3) is 0 Å². The number of nitrogens with zero attached hydrogens (tertiary/aromatic N) is 7. The topological polar surface area (TPSA) is 262 Å². The van der Waals surface area contributed by atoms with E-state index in [1.54, 1.807) is 0 Å². The average Bonchev–Trinajstić information content (AvgIpc) is 2.68. The van der Waals surface area contributed by atoms with Crippen molar-refractivity contribution in [2.75, 3.05) is 5.01 Å². The number of rotatable bonds is 8. The van der Waals surface area contributed by atoms with E-state index in [1.165, 1.54) is 0 Å². The molecule has 21 heteroatoms. The molecule has 2 aromatic carbocycles. The molecular formula is C12H3Cl2N7O12. The van der Waals surface area contributed by atoms with Gasteiger partial charge in [-0.3, -0.25) is 50.6 Å². The number of hydrogen-bond acceptors (Lipinski definition) is 12. The Morgan fingerprint density at radius 3 is 1.30 bits per heavy atom. The van der Waals surface area contributed by atoms with Crippen LogP contribution in [-0.2, 0) is 0 Å². The van der Waals surface area contributed by atoms with Gasteiger partial charge in [0.05, 0.1) is 34.7 Å². The molecule has 33 heavy (non-hydrogen) atoms. The van der Waals surface area contributed by atoms with Crippen molar-refractivity contribution in [2.45, 2.75) is 0 Å². The minimum Gasteiger partial charge on any atom is -0.258 e. The molecule has 2 aromatic rings. The van der Waals surface area contributed by atoms with Crippen molar-refractivity contribution in [1.82, 2.24) is 0 Å². The van der Waals surface area contributed by atoms with E-state index in [-0.39, 0.29) is 0 Å². The minimum absolute atomic E-state index is 0.419. The third-order valence-electron chi connectivity index (χ3n) is 3.79. The van der Waals surface area contributed by atoms with Crippen LogP contribution in [0, 0.1) is 60.7 Å². The van der Waals surface area contributed by atoms with Crippen molar-refractivity contribution < 1.29 is 29.6 Å². The van der Waals surface area contributed by atoms with Crippen LogP contribution in [0.2, 0.25) is 10.0 Å². The second-order valence-corrected chi connectivity index (χ2v) is 6.28. The molecule has 0 aliphatic rings. The zero-order valence-electron chi connectivity index (χ0n) is 15.0. The Balaban J connectivity index is 3.39. The second-order valence-electron chi connectivity index (χ2n) is 5.50. The van der Waals surface area contributed by atoms with Crippen LogP contribution in [0.5, 0.6) is 0 Å². The number of nitro groups is 6. The highest BCUT2D eigenvalue weighted by Gasteiger charge is 2.58. The van der Waals surface area contributed by atoms with E-state index in [9.17, 15) is 60.7 Å². The van der Waals surface area contributed by atoms with Gasteiger partial charge in [0.2, 0.25) is 0 Å². The summed E-state index contributed by atoms with van der Waals surface area (Å²) < 4.78 is 0. The zero-order valence-corrected chi connectivity index (χ0v) is 16.5. The first-order valence-corrected chi connectivity index (χ1v) is 8.33. The lowest BCUT2D eigenvalue weighted by atomic mass is 10.1. The number of halogens is 2. The van der Waals surface area contributed by atoms with Crippen LogP contribution < -0.4 is 5.01 Å². The summed E-state index contributed by atoms with van der Waals surface area (Å²) in [7, 11) is 0. The predicted molar refractivity (Wildman–Crippen MR) is 105 cm³/mol. The molecule has 0 amide bonds. The van der Waals surface area contributed by atoms with Gasteiger partial charge in [0.15, 0.2) is 5.03 Å². The van der Waals surface area contributed by atoms with Crippen molar-refractivity contribution in [1.29, 1.82) is 0 Å². The average molecular weight is 508 g/mol. The van der Waals surface area contributed by atoms with Gasteiger partial charge in [-0.25, -0.2) is 10.1 Å². The molecule has 0 saturated carbocycles. The summed E-state index contributed by atoms with van der Waals surface area (Å²) in [6.45, 7) is 0. The van der Waals surface area contributed by atoms with Crippen molar-refractivity contribution in [2.24, 2.45) is 0 Å². The molecule has 0 spiro atoms. The van der Waals surface area contributed by atoms with Crippen LogP contribution in [0.3, 0.4) is 0 Å². The first-order valence-electron chi connectivity index (χ1n) is 7.58. The Labute approximate surface area is 187 Å². The van der Waals surface area contributed by atoms with E-state index in [0.717, 1.165) is 18.2 Å². The molecular weight excluding hydrogens is 505 g/mol. The van der Waals surface area contributed by atoms with Crippen LogP contribution in [0.15, 0.2) is 18.2 Å². The highest BCUT2D eigenvalue weighted by molar-refractivity contribution is 6.43. The van der Waals surface area contributed by atoms with Crippen molar-refractivity contribution in [3.05, 3.63) is 88.9 Å². The molecule has 0 aromatic heterocycles. The number of hydrogen-bond donors (Lipinski definition) is 0. The Morgan fingerprint density at radius 2 is 0.970 bits per heavy atom. The molecule has 0 saturated heterocycles. The molecule has 0 aliphatic heterocycles. The fraction of sp³-hybridized carbons (Fsp3) is 0. The third-order valence-corrected chi connectivity index (χ3v) is 4.60. The van der Waals surface area contributed by atoms with Crippen molar-refractivity contribution in [3.63, 3.8) is 0 Å². The zero-order chi connectivity index (χ0) is 25.4. The molecule has 0 aliphatic carbocycles. The van der Waals surface area contributed by atoms with E-state index in [0.29, 0.717) is 0 Å². The second kappa shape index (κ2) is 8.76. The summed E-state index contributed by atoms with van der Waals surface area (Å²) in [5.41, 5.74) is -13.8. The smallest absolute Gasteiger partial charge is 0.258 e. The summed E-state index contributed by atoms with van der Waals surface area (Å²) in [6, 6.07) is 2.82. The van der Waals surface area contributed by atoms with Gasteiger partial charge in [0.1, 0.15) is 5.69 Å². The molecule has 0 N–H and O–H groups in total. The van der Waals surface area contributed by atoms with Gasteiger partial charge >= 0.3 is 28.4 Å². The normalized spacial score (nSPS) is 10.4. The Kier molecular flexibility index (Phi) is 6.50. The summed E-state index contributed by atoms with van der Waals surface area (Å²) in [5, 5.41) is 66.2. The Hall–Kier alpha value is -4.78. The van der Waals surface area contributed by atoms with Crippen LogP contribution >= 0.6 is 23.2 Å². The maximum absolute atomic E-state index is 11.8. The molecule has 0 radical (unpaired) electrons. The van der Waals surface area contributed by atoms with Gasteiger partial charge in [0, 0.05) is 0 Å². The van der Waals surface area contributed by atoms with Crippen LogP contribution in [0.4, 0.5) is 39.8 Å². The number of hydrazine groups is 1. The minimum atomic E-state index is -2.23. The maximum atomic E-state index is 11.8. The van der Waals surface area contributed by atoms with E-state index in [1.807, 2.05) is 0 Å². The van der Waals surface area contributed by atoms with Gasteiger partial charge < -0.3 is 0 Å². The maximum Gasteiger partial charge on any atom is 0.437 e. The number of anilines is 2. The van der Waals surface area contributed by atoms with Crippen molar-refractivity contribution >= 4 is 63.0 Å². The van der Waals surface area contributed by atoms with Gasteiger partial charge in [-0.2, -0.15) is 0 Å². The molecule has 19 nitrogen and oxygen atoms in total. The third kappa shape index (κ3) is 4.07. The summed E-state index contributed by atoms with van der Waals surface area (Å²) in [4.78, 5) is 60.4. The first-order chi connectivity index (χ1) is 15.2. The van der Waals surface area contributed by atoms with Gasteiger partial charge in [-0.15, -0.1) is 0 Å². The first kappa shape index (κ1) is 24.5. The van der Waals surface area contributed by atoms with E-state index in [4.69, 9.17) is 23.2 Å². The lowest BCUT2D eigenvalue weighted by Gasteiger charge is -2.16. The van der Waals surface area contributed by atoms with E-state index in [2.05, 4.69) is 0 Å². The van der Waals surface area contributed by atoms with Gasteiger partial charge in [-0.1, -0.05) is 29.3 Å². The molecule has 172 valence electrons. The highest BCUT2D eigenvalue weighted by Crippen LogP contribution is 2.57. The van der Waals surface area contributed by atoms with Gasteiger partial charge in [0.25, 0.3) is 5.69 Å². The van der Waals surface area contributed by atoms with Gasteiger partial charge in [-0.05, 0) is 17.1 Å². The molecule has 0 bridgehead atoms. The highest BCUT2D eigenvalue weighted by atomic mass is 35.5. The predicted octanol–water partition coefficient (Wildman–Crippen LogP) is 3.86. The van der Waals surface area contributed by atoms with Crippen molar-refractivity contribution in [3.8, 4) is 0 Å². The lowest BCUT2D eigenvalue weighted by Crippen LogP contribution is -2.27. The summed E-state index contributed by atoms with van der Waals surface area (Å²) in [5.74, 6) is 0.